The third-order valence-electron chi connectivity index (χ3n) is 10.9. The maximum absolute atomic E-state index is 9.87. The number of hydrogen-bond donors (Lipinski definition) is 0. The minimum Gasteiger partial charge on any atom is -0.456 e. The van der Waals surface area contributed by atoms with E-state index in [1.54, 1.807) is 0 Å². The summed E-state index contributed by atoms with van der Waals surface area (Å²) >= 11 is 0. The SMILES string of the molecule is [2H]c1c([2H])c([2H])c2c(-c3c(-c4ccccc4)cc(-c4cccc5oc6ccccc6c45)cc3-c3ccccc3)c3c([2H])c([2H])c([2H])c([2H])c3c(-c3ccccc3-c3ccccc3)c2c1[2H]. The van der Waals surface area contributed by atoms with Gasteiger partial charge in [-0.3, -0.25) is 0 Å². The molecule has 0 amide bonds. The Morgan fingerprint density at radius 3 is 1.32 bits per heavy atom. The number of para-hydroxylation sites is 1. The zero-order chi connectivity index (χ0) is 44.7. The van der Waals surface area contributed by atoms with E-state index in [0.29, 0.717) is 27.8 Å². The highest BCUT2D eigenvalue weighted by Crippen LogP contribution is 2.52. The quantitative estimate of drug-likeness (QED) is 0.155. The van der Waals surface area contributed by atoms with Crippen LogP contribution in [0.25, 0.3) is 110 Å². The fourth-order valence-corrected chi connectivity index (χ4v) is 8.49. The molecular formula is C56H36O. The Morgan fingerprint density at radius 1 is 0.298 bits per heavy atom. The summed E-state index contributed by atoms with van der Waals surface area (Å²) in [6.45, 7) is 0. The van der Waals surface area contributed by atoms with Crippen LogP contribution in [0.4, 0.5) is 0 Å². The Hall–Kier alpha value is -7.48. The van der Waals surface area contributed by atoms with Crippen LogP contribution in [0.2, 0.25) is 0 Å². The third-order valence-corrected chi connectivity index (χ3v) is 10.9. The average molecular weight is 733 g/mol. The molecule has 0 N–H and O–H groups in total. The van der Waals surface area contributed by atoms with Gasteiger partial charge in [0.15, 0.2) is 0 Å². The Morgan fingerprint density at radius 2 is 0.737 bits per heavy atom. The highest BCUT2D eigenvalue weighted by molar-refractivity contribution is 6.25. The predicted octanol–water partition coefficient (Wildman–Crippen LogP) is 15.9. The van der Waals surface area contributed by atoms with Gasteiger partial charge in [-0.15, -0.1) is 0 Å². The molecule has 0 fully saturated rings. The van der Waals surface area contributed by atoms with E-state index in [0.717, 1.165) is 55.3 Å². The molecule has 0 atom stereocenters. The van der Waals surface area contributed by atoms with Gasteiger partial charge >= 0.3 is 0 Å². The van der Waals surface area contributed by atoms with Gasteiger partial charge in [-0.2, -0.15) is 0 Å². The molecule has 0 spiro atoms. The minimum absolute atomic E-state index is 0.149. The lowest BCUT2D eigenvalue weighted by Gasteiger charge is -2.24. The second-order valence-electron chi connectivity index (χ2n) is 14.1. The number of hydrogen-bond acceptors (Lipinski definition) is 1. The van der Waals surface area contributed by atoms with Crippen molar-refractivity contribution < 1.29 is 15.4 Å². The molecule has 11 rings (SSSR count). The Labute approximate surface area is 343 Å². The van der Waals surface area contributed by atoms with Crippen molar-refractivity contribution in [3.63, 3.8) is 0 Å². The molecule has 10 aromatic carbocycles. The van der Waals surface area contributed by atoms with Crippen molar-refractivity contribution in [1.29, 1.82) is 0 Å². The first-order valence-electron chi connectivity index (χ1n) is 22.9. The molecule has 1 nitrogen and oxygen atoms in total. The van der Waals surface area contributed by atoms with E-state index >= 15 is 0 Å². The lowest BCUT2D eigenvalue weighted by Crippen LogP contribution is -1.97. The van der Waals surface area contributed by atoms with Crippen molar-refractivity contribution in [3.05, 3.63) is 218 Å². The Balaban J connectivity index is 1.41. The van der Waals surface area contributed by atoms with Gasteiger partial charge in [-0.1, -0.05) is 194 Å². The number of benzene rings is 10. The maximum Gasteiger partial charge on any atom is 0.136 e. The van der Waals surface area contributed by atoms with Crippen molar-refractivity contribution in [2.45, 2.75) is 0 Å². The first-order chi connectivity index (χ1) is 31.6. The molecule has 266 valence electrons. The van der Waals surface area contributed by atoms with Gasteiger partial charge < -0.3 is 4.42 Å². The molecule has 1 aromatic heterocycles. The van der Waals surface area contributed by atoms with Crippen molar-refractivity contribution in [1.82, 2.24) is 0 Å². The highest BCUT2D eigenvalue weighted by atomic mass is 16.3. The predicted molar refractivity (Wildman–Crippen MR) is 241 cm³/mol. The van der Waals surface area contributed by atoms with E-state index in [1.807, 2.05) is 152 Å². The third kappa shape index (κ3) is 5.47. The summed E-state index contributed by atoms with van der Waals surface area (Å²) < 4.78 is 82.3. The van der Waals surface area contributed by atoms with Gasteiger partial charge in [-0.25, -0.2) is 0 Å². The smallest absolute Gasteiger partial charge is 0.136 e. The topological polar surface area (TPSA) is 13.1 Å². The maximum atomic E-state index is 9.87. The van der Waals surface area contributed by atoms with E-state index in [1.165, 1.54) is 0 Å². The largest absolute Gasteiger partial charge is 0.456 e. The van der Waals surface area contributed by atoms with Gasteiger partial charge in [0, 0.05) is 10.8 Å². The van der Waals surface area contributed by atoms with E-state index in [4.69, 9.17) is 7.16 Å². The molecule has 1 heteroatoms. The minimum atomic E-state index is -0.455. The van der Waals surface area contributed by atoms with Crippen LogP contribution in [0.3, 0.4) is 0 Å². The first kappa shape index (κ1) is 25.6. The molecule has 57 heavy (non-hydrogen) atoms. The van der Waals surface area contributed by atoms with Crippen LogP contribution in [0.15, 0.2) is 223 Å². The van der Waals surface area contributed by atoms with Crippen LogP contribution < -0.4 is 0 Å². The average Bonchev–Trinajstić information content (AvgIpc) is 3.75. The summed E-state index contributed by atoms with van der Waals surface area (Å²) in [5, 5.41) is 2.51. The standard InChI is InChI=1S/C56H36O/c1-4-19-37(20-5-1)41-25-10-11-26-43(41)53-44-27-12-14-29-46(44)55(47-30-15-13-28-45(47)53)56-49(38-21-6-2-7-22-38)35-40(36-50(56)39-23-8-3-9-24-39)42-32-18-34-52-54(42)48-31-16-17-33-51(48)57-52/h1-36H/i12D,13D,14D,15D,27D,28D,29D,30D. The van der Waals surface area contributed by atoms with E-state index in [-0.39, 0.29) is 51.3 Å². The van der Waals surface area contributed by atoms with Crippen molar-refractivity contribution >= 4 is 43.5 Å². The zero-order valence-electron chi connectivity index (χ0n) is 38.6. The molecule has 11 aromatic rings. The molecule has 1 heterocycles. The van der Waals surface area contributed by atoms with Crippen LogP contribution >= 0.6 is 0 Å². The fraction of sp³-hybridized carbons (Fsp3) is 0. The fourth-order valence-electron chi connectivity index (χ4n) is 8.49. The van der Waals surface area contributed by atoms with Crippen LogP contribution in [0.1, 0.15) is 11.0 Å². The summed E-state index contributed by atoms with van der Waals surface area (Å²) in [5.74, 6) is 0. The van der Waals surface area contributed by atoms with Gasteiger partial charge in [0.2, 0.25) is 0 Å². The number of furan rings is 1. The zero-order valence-corrected chi connectivity index (χ0v) is 30.6. The molecule has 0 saturated heterocycles. The first-order valence-corrected chi connectivity index (χ1v) is 18.9. The molecule has 0 saturated carbocycles. The van der Waals surface area contributed by atoms with Gasteiger partial charge in [0.25, 0.3) is 0 Å². The van der Waals surface area contributed by atoms with Gasteiger partial charge in [0.1, 0.15) is 11.2 Å². The molecular weight excluding hydrogens is 689 g/mol. The van der Waals surface area contributed by atoms with Crippen LogP contribution in [0, 0.1) is 0 Å². The normalized spacial score (nSPS) is 13.5. The second-order valence-corrected chi connectivity index (χ2v) is 14.1. The molecule has 0 bridgehead atoms. The van der Waals surface area contributed by atoms with Crippen LogP contribution in [-0.2, 0) is 0 Å². The second kappa shape index (κ2) is 13.7. The van der Waals surface area contributed by atoms with E-state index < -0.39 is 24.2 Å². The summed E-state index contributed by atoms with van der Waals surface area (Å²) in [5.41, 5.74) is 9.54. The number of fused-ring (bicyclic) bond motifs is 5. The van der Waals surface area contributed by atoms with Crippen LogP contribution in [0.5, 0.6) is 0 Å². The summed E-state index contributed by atoms with van der Waals surface area (Å²) in [6.07, 6.45) is 0. The van der Waals surface area contributed by atoms with Gasteiger partial charge in [-0.05, 0) is 113 Å². The molecule has 0 unspecified atom stereocenters. The van der Waals surface area contributed by atoms with E-state index in [9.17, 15) is 8.22 Å². The number of rotatable bonds is 6. The molecule has 0 aliphatic heterocycles. The van der Waals surface area contributed by atoms with Crippen LogP contribution in [-0.4, -0.2) is 0 Å². The van der Waals surface area contributed by atoms with E-state index in [2.05, 4.69) is 18.2 Å². The monoisotopic (exact) mass is 732 g/mol. The molecule has 0 aliphatic carbocycles. The van der Waals surface area contributed by atoms with Gasteiger partial charge in [0.05, 0.1) is 11.0 Å². The Bertz CT molecular complexity index is 3590. The van der Waals surface area contributed by atoms with Crippen molar-refractivity contribution in [2.75, 3.05) is 0 Å². The summed E-state index contributed by atoms with van der Waals surface area (Å²) in [4.78, 5) is 0. The lowest BCUT2D eigenvalue weighted by atomic mass is 9.79. The van der Waals surface area contributed by atoms with Crippen molar-refractivity contribution in [3.8, 4) is 66.8 Å². The highest BCUT2D eigenvalue weighted by Gasteiger charge is 2.25. The lowest BCUT2D eigenvalue weighted by molar-refractivity contribution is 0.669. The van der Waals surface area contributed by atoms with Crippen molar-refractivity contribution in [2.24, 2.45) is 0 Å². The Kier molecular flexibility index (Phi) is 6.13. The molecule has 0 radical (unpaired) electrons. The summed E-state index contributed by atoms with van der Waals surface area (Å²) in [7, 11) is 0. The molecule has 0 aliphatic rings. The summed E-state index contributed by atoms with van der Waals surface area (Å²) in [6, 6.07) is 51.8.